The van der Waals surface area contributed by atoms with E-state index in [1.165, 1.54) is 24.8 Å². The normalized spacial score (nSPS) is 12.4. The Morgan fingerprint density at radius 2 is 1.82 bits per heavy atom. The van der Waals surface area contributed by atoms with Crippen molar-refractivity contribution in [3.8, 4) is 5.75 Å². The molecule has 0 heterocycles. The lowest BCUT2D eigenvalue weighted by molar-refractivity contribution is 0.0824. The fourth-order valence-electron chi connectivity index (χ4n) is 1.88. The molecule has 0 aromatic heterocycles. The summed E-state index contributed by atoms with van der Waals surface area (Å²) < 4.78 is 10.9. The lowest BCUT2D eigenvalue weighted by atomic mass is 10.0. The van der Waals surface area contributed by atoms with Gasteiger partial charge in [-0.2, -0.15) is 0 Å². The van der Waals surface area contributed by atoms with E-state index in [2.05, 4.69) is 26.0 Å². The van der Waals surface area contributed by atoms with E-state index < -0.39 is 0 Å². The second-order valence-electron chi connectivity index (χ2n) is 4.43. The highest BCUT2D eigenvalue weighted by molar-refractivity contribution is 5.26. The van der Waals surface area contributed by atoms with E-state index >= 15 is 0 Å². The van der Waals surface area contributed by atoms with Crippen LogP contribution in [0.4, 0.5) is 0 Å². The quantitative estimate of drug-likeness (QED) is 0.678. The molecular weight excluding hydrogens is 212 g/mol. The van der Waals surface area contributed by atoms with Crippen LogP contribution >= 0.6 is 0 Å². The van der Waals surface area contributed by atoms with Crippen LogP contribution in [0.5, 0.6) is 5.75 Å². The zero-order chi connectivity index (χ0) is 12.5. The van der Waals surface area contributed by atoms with Gasteiger partial charge in [0.1, 0.15) is 5.75 Å². The highest BCUT2D eigenvalue weighted by Gasteiger charge is 2.05. The van der Waals surface area contributed by atoms with E-state index in [4.69, 9.17) is 9.47 Å². The standard InChI is InChI=1S/C15H24O2/c1-4-6-13(5-2)11-17-12-14-7-9-15(16-3)10-8-14/h7-10,13H,4-6,11-12H2,1-3H3/t13-/m1/s1. The number of hydrogen-bond donors (Lipinski definition) is 0. The molecule has 0 fully saturated rings. The summed E-state index contributed by atoms with van der Waals surface area (Å²) in [5, 5.41) is 0. The topological polar surface area (TPSA) is 18.5 Å². The SMILES string of the molecule is CCC[C@@H](CC)COCc1ccc(OC)cc1. The molecule has 2 heteroatoms. The predicted octanol–water partition coefficient (Wildman–Crippen LogP) is 4.04. The molecule has 0 amide bonds. The maximum absolute atomic E-state index is 5.76. The van der Waals surface area contributed by atoms with E-state index in [9.17, 15) is 0 Å². The molecular formula is C15H24O2. The first-order chi connectivity index (χ1) is 8.30. The molecule has 0 aliphatic rings. The fourth-order valence-corrected chi connectivity index (χ4v) is 1.88. The Hall–Kier alpha value is -1.02. The molecule has 96 valence electrons. The Balaban J connectivity index is 2.29. The molecule has 1 rings (SSSR count). The van der Waals surface area contributed by atoms with Gasteiger partial charge in [0.2, 0.25) is 0 Å². The zero-order valence-electron chi connectivity index (χ0n) is 11.2. The number of hydrogen-bond acceptors (Lipinski definition) is 2. The molecule has 0 bridgehead atoms. The molecule has 0 saturated carbocycles. The summed E-state index contributed by atoms with van der Waals surface area (Å²) in [7, 11) is 1.68. The largest absolute Gasteiger partial charge is 0.497 e. The average Bonchev–Trinajstić information content (AvgIpc) is 2.38. The predicted molar refractivity (Wildman–Crippen MR) is 71.3 cm³/mol. The van der Waals surface area contributed by atoms with Gasteiger partial charge in [-0.15, -0.1) is 0 Å². The molecule has 1 aromatic carbocycles. The minimum Gasteiger partial charge on any atom is -0.497 e. The highest BCUT2D eigenvalue weighted by Crippen LogP contribution is 2.14. The molecule has 0 spiro atoms. The Morgan fingerprint density at radius 1 is 1.12 bits per heavy atom. The fraction of sp³-hybridized carbons (Fsp3) is 0.600. The van der Waals surface area contributed by atoms with Crippen LogP contribution in [0, 0.1) is 5.92 Å². The summed E-state index contributed by atoms with van der Waals surface area (Å²) in [6, 6.07) is 8.06. The summed E-state index contributed by atoms with van der Waals surface area (Å²) in [6.45, 7) is 6.03. The van der Waals surface area contributed by atoms with Crippen molar-refractivity contribution in [1.29, 1.82) is 0 Å². The second-order valence-corrected chi connectivity index (χ2v) is 4.43. The third-order valence-electron chi connectivity index (χ3n) is 3.06. The summed E-state index contributed by atoms with van der Waals surface area (Å²) in [6.07, 6.45) is 3.71. The van der Waals surface area contributed by atoms with E-state index in [1.807, 2.05) is 12.1 Å². The molecule has 0 saturated heterocycles. The zero-order valence-corrected chi connectivity index (χ0v) is 11.2. The number of ether oxygens (including phenoxy) is 2. The monoisotopic (exact) mass is 236 g/mol. The van der Waals surface area contributed by atoms with Gasteiger partial charge in [0.05, 0.1) is 13.7 Å². The van der Waals surface area contributed by atoms with E-state index in [-0.39, 0.29) is 0 Å². The van der Waals surface area contributed by atoms with Crippen LogP contribution in [0.15, 0.2) is 24.3 Å². The van der Waals surface area contributed by atoms with Crippen molar-refractivity contribution in [2.24, 2.45) is 5.92 Å². The van der Waals surface area contributed by atoms with Gasteiger partial charge in [-0.25, -0.2) is 0 Å². The van der Waals surface area contributed by atoms with Gasteiger partial charge in [0.15, 0.2) is 0 Å². The first-order valence-electron chi connectivity index (χ1n) is 6.50. The molecule has 0 N–H and O–H groups in total. The maximum Gasteiger partial charge on any atom is 0.118 e. The highest BCUT2D eigenvalue weighted by atomic mass is 16.5. The first-order valence-corrected chi connectivity index (χ1v) is 6.50. The van der Waals surface area contributed by atoms with Crippen LogP contribution in [0.2, 0.25) is 0 Å². The van der Waals surface area contributed by atoms with Crippen molar-refractivity contribution in [3.05, 3.63) is 29.8 Å². The van der Waals surface area contributed by atoms with Crippen molar-refractivity contribution >= 4 is 0 Å². The Labute approximate surface area is 105 Å². The van der Waals surface area contributed by atoms with Crippen LogP contribution in [0.1, 0.15) is 38.7 Å². The average molecular weight is 236 g/mol. The van der Waals surface area contributed by atoms with Crippen LogP contribution in [0.3, 0.4) is 0 Å². The molecule has 17 heavy (non-hydrogen) atoms. The van der Waals surface area contributed by atoms with Gasteiger partial charge >= 0.3 is 0 Å². The minimum atomic E-state index is 0.699. The molecule has 1 atom stereocenters. The molecule has 2 nitrogen and oxygen atoms in total. The smallest absolute Gasteiger partial charge is 0.118 e. The van der Waals surface area contributed by atoms with Gasteiger partial charge in [-0.05, 0) is 30.0 Å². The molecule has 0 aliphatic heterocycles. The van der Waals surface area contributed by atoms with E-state index in [0.29, 0.717) is 12.5 Å². The summed E-state index contributed by atoms with van der Waals surface area (Å²) in [5.41, 5.74) is 1.21. The number of rotatable bonds is 8. The third kappa shape index (κ3) is 5.22. The van der Waals surface area contributed by atoms with Crippen LogP contribution in [0.25, 0.3) is 0 Å². The van der Waals surface area contributed by atoms with Gasteiger partial charge in [0, 0.05) is 6.61 Å². The lowest BCUT2D eigenvalue weighted by Crippen LogP contribution is -2.08. The third-order valence-corrected chi connectivity index (χ3v) is 3.06. The summed E-state index contributed by atoms with van der Waals surface area (Å²) >= 11 is 0. The lowest BCUT2D eigenvalue weighted by Gasteiger charge is -2.14. The number of methoxy groups -OCH3 is 1. The minimum absolute atomic E-state index is 0.699. The number of benzene rings is 1. The van der Waals surface area contributed by atoms with Gasteiger partial charge in [0.25, 0.3) is 0 Å². The molecule has 1 aromatic rings. The Morgan fingerprint density at radius 3 is 2.35 bits per heavy atom. The van der Waals surface area contributed by atoms with Gasteiger partial charge < -0.3 is 9.47 Å². The maximum atomic E-state index is 5.76. The van der Waals surface area contributed by atoms with Gasteiger partial charge in [-0.3, -0.25) is 0 Å². The van der Waals surface area contributed by atoms with Crippen molar-refractivity contribution in [3.63, 3.8) is 0 Å². The van der Waals surface area contributed by atoms with E-state index in [1.54, 1.807) is 7.11 Å². The molecule has 0 unspecified atom stereocenters. The Bertz CT molecular complexity index is 292. The Kier molecular flexibility index (Phi) is 6.71. The van der Waals surface area contributed by atoms with Crippen molar-refractivity contribution in [1.82, 2.24) is 0 Å². The van der Waals surface area contributed by atoms with E-state index in [0.717, 1.165) is 12.4 Å². The van der Waals surface area contributed by atoms with Crippen molar-refractivity contribution in [2.75, 3.05) is 13.7 Å². The van der Waals surface area contributed by atoms with Crippen LogP contribution in [-0.2, 0) is 11.3 Å². The summed E-state index contributed by atoms with van der Waals surface area (Å²) in [5.74, 6) is 1.60. The van der Waals surface area contributed by atoms with Crippen LogP contribution < -0.4 is 4.74 Å². The van der Waals surface area contributed by atoms with Gasteiger partial charge in [-0.1, -0.05) is 38.8 Å². The molecule has 0 radical (unpaired) electrons. The summed E-state index contributed by atoms with van der Waals surface area (Å²) in [4.78, 5) is 0. The van der Waals surface area contributed by atoms with Crippen molar-refractivity contribution in [2.45, 2.75) is 39.7 Å². The second kappa shape index (κ2) is 8.13. The van der Waals surface area contributed by atoms with Crippen molar-refractivity contribution < 1.29 is 9.47 Å². The van der Waals surface area contributed by atoms with Crippen LogP contribution in [-0.4, -0.2) is 13.7 Å². The molecule has 0 aliphatic carbocycles. The first kappa shape index (κ1) is 14.0.